The van der Waals surface area contributed by atoms with E-state index in [4.69, 9.17) is 4.74 Å². The predicted octanol–water partition coefficient (Wildman–Crippen LogP) is 3.49. The molecule has 1 saturated carbocycles. The Balaban J connectivity index is 1.47. The number of amides is 1. The second-order valence-electron chi connectivity index (χ2n) is 7.46. The van der Waals surface area contributed by atoms with Crippen LogP contribution in [-0.4, -0.2) is 24.0 Å². The van der Waals surface area contributed by atoms with Crippen molar-refractivity contribution in [1.29, 1.82) is 0 Å². The number of aryl methyl sites for hydroxylation is 2. The van der Waals surface area contributed by atoms with E-state index in [0.29, 0.717) is 0 Å². The Kier molecular flexibility index (Phi) is 6.11. The molecule has 4 heteroatoms. The summed E-state index contributed by atoms with van der Waals surface area (Å²) in [4.78, 5) is 24.4. The van der Waals surface area contributed by atoms with Crippen molar-refractivity contribution >= 4 is 11.9 Å². The second kappa shape index (κ2) is 8.50. The second-order valence-corrected chi connectivity index (χ2v) is 7.46. The highest BCUT2D eigenvalue weighted by atomic mass is 16.5. The van der Waals surface area contributed by atoms with Crippen molar-refractivity contribution in [3.63, 3.8) is 0 Å². The summed E-state index contributed by atoms with van der Waals surface area (Å²) in [5.41, 5.74) is 3.72. The van der Waals surface area contributed by atoms with Gasteiger partial charge in [0, 0.05) is 6.04 Å². The molecule has 0 radical (unpaired) electrons. The number of carbonyl (C=O) groups is 2. The summed E-state index contributed by atoms with van der Waals surface area (Å²) in [6.07, 6.45) is 9.81. The molecule has 1 aromatic rings. The fraction of sp³-hybridized carbons (Fsp3) is 0.619. The van der Waals surface area contributed by atoms with Crippen molar-refractivity contribution in [2.45, 2.75) is 83.3 Å². The Morgan fingerprint density at radius 1 is 1.08 bits per heavy atom. The van der Waals surface area contributed by atoms with Gasteiger partial charge >= 0.3 is 5.97 Å². The van der Waals surface area contributed by atoms with E-state index in [1.807, 2.05) is 6.07 Å². The van der Waals surface area contributed by atoms with Crippen molar-refractivity contribution < 1.29 is 14.3 Å². The number of benzene rings is 1. The third-order valence-corrected chi connectivity index (χ3v) is 5.39. The number of rotatable bonds is 5. The number of esters is 1. The highest BCUT2D eigenvalue weighted by Gasteiger charge is 2.22. The summed E-state index contributed by atoms with van der Waals surface area (Å²) in [7, 11) is 0. The minimum Gasteiger partial charge on any atom is -0.452 e. The molecule has 2 aliphatic carbocycles. The van der Waals surface area contributed by atoms with Gasteiger partial charge in [-0.05, 0) is 55.7 Å². The lowest BCUT2D eigenvalue weighted by molar-refractivity contribution is -0.154. The zero-order chi connectivity index (χ0) is 17.6. The first-order chi connectivity index (χ1) is 12.1. The first-order valence-corrected chi connectivity index (χ1v) is 9.72. The van der Waals surface area contributed by atoms with E-state index in [9.17, 15) is 9.59 Å². The largest absolute Gasteiger partial charge is 0.452 e. The van der Waals surface area contributed by atoms with Crippen LogP contribution in [0, 0.1) is 0 Å². The van der Waals surface area contributed by atoms with Crippen LogP contribution in [0.5, 0.6) is 0 Å². The Morgan fingerprint density at radius 3 is 2.56 bits per heavy atom. The molecule has 3 rings (SSSR count). The molecular formula is C21H29NO3. The molecule has 1 N–H and O–H groups in total. The van der Waals surface area contributed by atoms with E-state index in [-0.39, 0.29) is 24.3 Å². The lowest BCUT2D eigenvalue weighted by Gasteiger charge is -2.19. The van der Waals surface area contributed by atoms with Crippen LogP contribution >= 0.6 is 0 Å². The normalized spacial score (nSPS) is 18.9. The molecule has 25 heavy (non-hydrogen) atoms. The van der Waals surface area contributed by atoms with Crippen molar-refractivity contribution in [2.24, 2.45) is 0 Å². The van der Waals surface area contributed by atoms with Gasteiger partial charge in [-0.3, -0.25) is 9.59 Å². The predicted molar refractivity (Wildman–Crippen MR) is 97.4 cm³/mol. The number of nitrogens with one attached hydrogen (secondary N) is 1. The maximum Gasteiger partial charge on any atom is 0.311 e. The molecule has 1 aromatic carbocycles. The number of ether oxygens (including phenoxy) is 1. The summed E-state index contributed by atoms with van der Waals surface area (Å²) in [6.45, 7) is 1.66. The smallest absolute Gasteiger partial charge is 0.311 e. The van der Waals surface area contributed by atoms with Crippen LogP contribution in [0.15, 0.2) is 18.2 Å². The highest BCUT2D eigenvalue weighted by molar-refractivity contribution is 5.84. The molecule has 4 nitrogen and oxygen atoms in total. The zero-order valence-corrected chi connectivity index (χ0v) is 15.2. The minimum absolute atomic E-state index is 0.172. The standard InChI is InChI=1S/C21H29NO3/c1-15(21(24)22-19-9-4-2-3-5-10-19)25-20(23)14-16-11-12-17-7-6-8-18(17)13-16/h11-13,15,19H,2-10,14H2,1H3,(H,22,24)/t15-/m1/s1. The maximum atomic E-state index is 12.3. The average Bonchev–Trinajstić information content (AvgIpc) is 2.90. The molecule has 0 bridgehead atoms. The zero-order valence-electron chi connectivity index (χ0n) is 15.2. The van der Waals surface area contributed by atoms with Crippen LogP contribution in [0.4, 0.5) is 0 Å². The van der Waals surface area contributed by atoms with Crippen LogP contribution in [0.3, 0.4) is 0 Å². The van der Waals surface area contributed by atoms with Crippen LogP contribution in [0.1, 0.15) is 68.6 Å². The summed E-state index contributed by atoms with van der Waals surface area (Å²) < 4.78 is 5.36. The van der Waals surface area contributed by atoms with Gasteiger partial charge in [0.05, 0.1) is 6.42 Å². The van der Waals surface area contributed by atoms with E-state index < -0.39 is 6.10 Å². The molecular weight excluding hydrogens is 314 g/mol. The van der Waals surface area contributed by atoms with Crippen molar-refractivity contribution in [1.82, 2.24) is 5.32 Å². The number of carbonyl (C=O) groups excluding carboxylic acids is 2. The van der Waals surface area contributed by atoms with Gasteiger partial charge in [0.2, 0.25) is 0 Å². The van der Waals surface area contributed by atoms with E-state index in [0.717, 1.165) is 44.1 Å². The SMILES string of the molecule is C[C@@H](OC(=O)Cc1ccc2c(c1)CCC2)C(=O)NC1CCCCCC1. The van der Waals surface area contributed by atoms with E-state index in [2.05, 4.69) is 17.4 Å². The summed E-state index contributed by atoms with van der Waals surface area (Å²) in [6, 6.07) is 6.46. The molecule has 0 aliphatic heterocycles. The Hall–Kier alpha value is -1.84. The van der Waals surface area contributed by atoms with Crippen molar-refractivity contribution in [3.05, 3.63) is 34.9 Å². The minimum atomic E-state index is -0.731. The van der Waals surface area contributed by atoms with Gasteiger partial charge in [0.25, 0.3) is 5.91 Å². The molecule has 0 heterocycles. The van der Waals surface area contributed by atoms with Crippen molar-refractivity contribution in [2.75, 3.05) is 0 Å². The van der Waals surface area contributed by atoms with Gasteiger partial charge < -0.3 is 10.1 Å². The van der Waals surface area contributed by atoms with E-state index in [1.165, 1.54) is 30.4 Å². The third-order valence-electron chi connectivity index (χ3n) is 5.39. The van der Waals surface area contributed by atoms with Gasteiger partial charge in [-0.1, -0.05) is 43.9 Å². The quantitative estimate of drug-likeness (QED) is 0.658. The van der Waals surface area contributed by atoms with Crippen LogP contribution in [-0.2, 0) is 33.6 Å². The monoisotopic (exact) mass is 343 g/mol. The Labute approximate surface area is 150 Å². The molecule has 0 saturated heterocycles. The lowest BCUT2D eigenvalue weighted by atomic mass is 10.0. The molecule has 1 amide bonds. The van der Waals surface area contributed by atoms with Gasteiger partial charge in [0.1, 0.15) is 0 Å². The molecule has 2 aliphatic rings. The molecule has 136 valence electrons. The highest BCUT2D eigenvalue weighted by Crippen LogP contribution is 2.23. The summed E-state index contributed by atoms with van der Waals surface area (Å²) in [5.74, 6) is -0.504. The maximum absolute atomic E-state index is 12.3. The summed E-state index contributed by atoms with van der Waals surface area (Å²) in [5, 5.41) is 3.05. The van der Waals surface area contributed by atoms with Gasteiger partial charge in [-0.25, -0.2) is 0 Å². The number of hydrogen-bond acceptors (Lipinski definition) is 3. The third kappa shape index (κ3) is 5.07. The molecule has 1 atom stereocenters. The van der Waals surface area contributed by atoms with Gasteiger partial charge in [-0.15, -0.1) is 0 Å². The van der Waals surface area contributed by atoms with Crippen LogP contribution in [0.25, 0.3) is 0 Å². The Morgan fingerprint density at radius 2 is 1.80 bits per heavy atom. The fourth-order valence-electron chi connectivity index (χ4n) is 3.94. The topological polar surface area (TPSA) is 55.4 Å². The molecule has 1 fully saturated rings. The first kappa shape index (κ1) is 18.0. The van der Waals surface area contributed by atoms with Gasteiger partial charge in [-0.2, -0.15) is 0 Å². The van der Waals surface area contributed by atoms with Crippen molar-refractivity contribution in [3.8, 4) is 0 Å². The van der Waals surface area contributed by atoms with Crippen LogP contribution in [0.2, 0.25) is 0 Å². The van der Waals surface area contributed by atoms with Crippen LogP contribution < -0.4 is 5.32 Å². The first-order valence-electron chi connectivity index (χ1n) is 9.72. The average molecular weight is 343 g/mol. The number of hydrogen-bond donors (Lipinski definition) is 1. The fourth-order valence-corrected chi connectivity index (χ4v) is 3.94. The van der Waals surface area contributed by atoms with Gasteiger partial charge in [0.15, 0.2) is 6.10 Å². The molecule has 0 unspecified atom stereocenters. The molecule has 0 aromatic heterocycles. The van der Waals surface area contributed by atoms with E-state index in [1.54, 1.807) is 6.92 Å². The molecule has 0 spiro atoms. The van der Waals surface area contributed by atoms with E-state index >= 15 is 0 Å². The Bertz CT molecular complexity index is 618. The number of fused-ring (bicyclic) bond motifs is 1. The lowest BCUT2D eigenvalue weighted by Crippen LogP contribution is -2.42. The summed E-state index contributed by atoms with van der Waals surface area (Å²) >= 11 is 0.